The molecular weight excluding hydrogens is 332 g/mol. The summed E-state index contributed by atoms with van der Waals surface area (Å²) in [5.41, 5.74) is 1.99. The van der Waals surface area contributed by atoms with Crippen LogP contribution in [0.15, 0.2) is 24.3 Å². The molecule has 0 atom stereocenters. The summed E-state index contributed by atoms with van der Waals surface area (Å²) in [5, 5.41) is 2.77. The van der Waals surface area contributed by atoms with E-state index in [0.717, 1.165) is 31.9 Å². The quantitative estimate of drug-likeness (QED) is 0.698. The van der Waals surface area contributed by atoms with E-state index in [0.29, 0.717) is 19.7 Å². The van der Waals surface area contributed by atoms with Gasteiger partial charge in [0.25, 0.3) is 0 Å². The molecule has 1 aliphatic rings. The Morgan fingerprint density at radius 3 is 2.38 bits per heavy atom. The number of benzene rings is 1. The van der Waals surface area contributed by atoms with E-state index in [1.165, 1.54) is 12.6 Å². The van der Waals surface area contributed by atoms with Crippen LogP contribution in [0.2, 0.25) is 0 Å². The number of carbonyl (C=O) groups is 2. The molecule has 0 saturated carbocycles. The van der Waals surface area contributed by atoms with Gasteiger partial charge in [0, 0.05) is 71.1 Å². The van der Waals surface area contributed by atoms with Gasteiger partial charge in [-0.05, 0) is 31.3 Å². The fourth-order valence-electron chi connectivity index (χ4n) is 2.97. The minimum absolute atomic E-state index is 0.0676. The molecule has 144 valence electrons. The minimum atomic E-state index is -0.0812. The predicted molar refractivity (Wildman–Crippen MR) is 104 cm³/mol. The van der Waals surface area contributed by atoms with Crippen molar-refractivity contribution in [3.8, 4) is 0 Å². The van der Waals surface area contributed by atoms with Crippen LogP contribution in [0.4, 0.5) is 11.4 Å². The van der Waals surface area contributed by atoms with Crippen molar-refractivity contribution in [2.24, 2.45) is 0 Å². The summed E-state index contributed by atoms with van der Waals surface area (Å²) in [7, 11) is 3.73. The van der Waals surface area contributed by atoms with Crippen LogP contribution in [-0.4, -0.2) is 76.7 Å². The van der Waals surface area contributed by atoms with Crippen molar-refractivity contribution in [3.63, 3.8) is 0 Å². The number of ether oxygens (including phenoxy) is 1. The van der Waals surface area contributed by atoms with Gasteiger partial charge in [-0.2, -0.15) is 0 Å². The Labute approximate surface area is 155 Å². The molecule has 7 nitrogen and oxygen atoms in total. The van der Waals surface area contributed by atoms with E-state index in [-0.39, 0.29) is 18.2 Å². The third kappa shape index (κ3) is 6.00. The fourth-order valence-corrected chi connectivity index (χ4v) is 2.97. The van der Waals surface area contributed by atoms with Gasteiger partial charge < -0.3 is 24.8 Å². The molecular formula is C19H30N4O3. The number of hydrogen-bond acceptors (Lipinski definition) is 5. The van der Waals surface area contributed by atoms with Gasteiger partial charge in [0.1, 0.15) is 0 Å². The maximum Gasteiger partial charge on any atom is 0.223 e. The Bertz CT molecular complexity index is 583. The second kappa shape index (κ2) is 10.1. The van der Waals surface area contributed by atoms with Crippen molar-refractivity contribution in [2.75, 3.05) is 69.8 Å². The summed E-state index contributed by atoms with van der Waals surface area (Å²) >= 11 is 0. The first-order valence-electron chi connectivity index (χ1n) is 9.08. The number of carbonyl (C=O) groups excluding carboxylic acids is 2. The number of nitrogens with zero attached hydrogens (tertiary/aromatic N) is 3. The van der Waals surface area contributed by atoms with Gasteiger partial charge in [-0.25, -0.2) is 0 Å². The smallest absolute Gasteiger partial charge is 0.223 e. The Balaban J connectivity index is 1.92. The van der Waals surface area contributed by atoms with Crippen LogP contribution in [0.1, 0.15) is 13.3 Å². The summed E-state index contributed by atoms with van der Waals surface area (Å²) in [4.78, 5) is 30.2. The number of nitrogens with one attached hydrogen (secondary N) is 1. The number of piperazine rings is 1. The van der Waals surface area contributed by atoms with Gasteiger partial charge in [-0.1, -0.05) is 0 Å². The highest BCUT2D eigenvalue weighted by molar-refractivity contribution is 5.92. The molecule has 0 aromatic heterocycles. The minimum Gasteiger partial charge on any atom is -0.383 e. The molecule has 0 radical (unpaired) electrons. The average Bonchev–Trinajstić information content (AvgIpc) is 2.63. The number of methoxy groups -OCH3 is 1. The zero-order valence-corrected chi connectivity index (χ0v) is 16.0. The van der Waals surface area contributed by atoms with Crippen LogP contribution in [0, 0.1) is 0 Å². The van der Waals surface area contributed by atoms with Crippen molar-refractivity contribution in [1.29, 1.82) is 0 Å². The lowest BCUT2D eigenvalue weighted by Gasteiger charge is -2.34. The molecule has 1 aliphatic heterocycles. The molecule has 0 unspecified atom stereocenters. The standard InChI is InChI=1S/C19H30N4O3/c1-16(24)23(10-8-19(25)20-9-15-26-3)18-6-4-17(5-7-18)22-13-11-21(2)12-14-22/h4-7H,8-15H2,1-3H3,(H,20,25). The Hall–Kier alpha value is -2.12. The number of hydrogen-bond donors (Lipinski definition) is 1. The summed E-state index contributed by atoms with van der Waals surface area (Å²) < 4.78 is 4.91. The highest BCUT2D eigenvalue weighted by Gasteiger charge is 2.16. The van der Waals surface area contributed by atoms with Crippen LogP contribution >= 0.6 is 0 Å². The maximum atomic E-state index is 12.0. The van der Waals surface area contributed by atoms with Crippen molar-refractivity contribution in [2.45, 2.75) is 13.3 Å². The molecule has 26 heavy (non-hydrogen) atoms. The Morgan fingerprint density at radius 1 is 1.15 bits per heavy atom. The van der Waals surface area contributed by atoms with Crippen LogP contribution in [-0.2, 0) is 14.3 Å². The number of likely N-dealkylation sites (N-methyl/N-ethyl adjacent to an activating group) is 1. The van der Waals surface area contributed by atoms with Gasteiger partial charge in [0.05, 0.1) is 6.61 Å². The summed E-state index contributed by atoms with van der Waals surface area (Å²) in [6.07, 6.45) is 0.267. The first kappa shape index (κ1) is 20.2. The third-order valence-electron chi connectivity index (χ3n) is 4.60. The van der Waals surface area contributed by atoms with Crippen LogP contribution in [0.3, 0.4) is 0 Å². The van der Waals surface area contributed by atoms with Crippen LogP contribution in [0.5, 0.6) is 0 Å². The van der Waals surface area contributed by atoms with Gasteiger partial charge in [-0.3, -0.25) is 9.59 Å². The van der Waals surface area contributed by atoms with Crippen LogP contribution in [0.25, 0.3) is 0 Å². The summed E-state index contributed by atoms with van der Waals surface area (Å²) in [6.45, 7) is 6.98. The van der Waals surface area contributed by atoms with E-state index < -0.39 is 0 Å². The SMILES string of the molecule is COCCNC(=O)CCN(C(C)=O)c1ccc(N2CCN(C)CC2)cc1. The third-order valence-corrected chi connectivity index (χ3v) is 4.60. The van der Waals surface area contributed by atoms with Crippen molar-refractivity contribution in [3.05, 3.63) is 24.3 Å². The molecule has 2 rings (SSSR count). The predicted octanol–water partition coefficient (Wildman–Crippen LogP) is 0.944. The van der Waals surface area contributed by atoms with E-state index in [2.05, 4.69) is 34.3 Å². The van der Waals surface area contributed by atoms with Crippen molar-refractivity contribution >= 4 is 23.2 Å². The highest BCUT2D eigenvalue weighted by atomic mass is 16.5. The van der Waals surface area contributed by atoms with Crippen molar-refractivity contribution < 1.29 is 14.3 Å². The molecule has 1 aromatic rings. The lowest BCUT2D eigenvalue weighted by atomic mass is 10.2. The Kier molecular flexibility index (Phi) is 7.87. The van der Waals surface area contributed by atoms with Crippen LogP contribution < -0.4 is 15.1 Å². The lowest BCUT2D eigenvalue weighted by Crippen LogP contribution is -2.44. The molecule has 1 heterocycles. The summed E-state index contributed by atoms with van der Waals surface area (Å²) in [5.74, 6) is -0.149. The zero-order valence-electron chi connectivity index (χ0n) is 16.0. The highest BCUT2D eigenvalue weighted by Crippen LogP contribution is 2.22. The first-order chi connectivity index (χ1) is 12.5. The largest absolute Gasteiger partial charge is 0.383 e. The molecule has 0 spiro atoms. The Morgan fingerprint density at radius 2 is 1.81 bits per heavy atom. The summed E-state index contributed by atoms with van der Waals surface area (Å²) in [6, 6.07) is 8.01. The maximum absolute atomic E-state index is 12.0. The monoisotopic (exact) mass is 362 g/mol. The number of amides is 2. The lowest BCUT2D eigenvalue weighted by molar-refractivity contribution is -0.121. The topological polar surface area (TPSA) is 65.1 Å². The normalized spacial score (nSPS) is 15.0. The van der Waals surface area contributed by atoms with Gasteiger partial charge in [-0.15, -0.1) is 0 Å². The van der Waals surface area contributed by atoms with E-state index in [9.17, 15) is 9.59 Å². The zero-order chi connectivity index (χ0) is 18.9. The molecule has 1 saturated heterocycles. The molecule has 1 aromatic carbocycles. The fraction of sp³-hybridized carbons (Fsp3) is 0.579. The molecule has 0 bridgehead atoms. The van der Waals surface area contributed by atoms with Gasteiger partial charge in [0.15, 0.2) is 0 Å². The van der Waals surface area contributed by atoms with E-state index in [1.54, 1.807) is 12.0 Å². The van der Waals surface area contributed by atoms with Crippen molar-refractivity contribution in [1.82, 2.24) is 10.2 Å². The number of anilines is 2. The molecule has 2 amide bonds. The van der Waals surface area contributed by atoms with E-state index in [1.807, 2.05) is 12.1 Å². The average molecular weight is 362 g/mol. The van der Waals surface area contributed by atoms with E-state index in [4.69, 9.17) is 4.74 Å². The first-order valence-corrected chi connectivity index (χ1v) is 9.08. The van der Waals surface area contributed by atoms with E-state index >= 15 is 0 Å². The van der Waals surface area contributed by atoms with Gasteiger partial charge in [0.2, 0.25) is 11.8 Å². The molecule has 1 fully saturated rings. The molecule has 1 N–H and O–H groups in total. The molecule has 7 heteroatoms. The molecule has 0 aliphatic carbocycles. The van der Waals surface area contributed by atoms with Gasteiger partial charge >= 0.3 is 0 Å². The number of rotatable bonds is 8. The second-order valence-electron chi connectivity index (χ2n) is 6.57. The second-order valence-corrected chi connectivity index (χ2v) is 6.57.